The van der Waals surface area contributed by atoms with E-state index in [4.69, 9.17) is 5.84 Å². The average Bonchev–Trinajstić information content (AvgIpc) is 2.26. The molecule has 0 saturated heterocycles. The van der Waals surface area contributed by atoms with Crippen molar-refractivity contribution in [3.8, 4) is 0 Å². The molecule has 1 unspecified atom stereocenters. The lowest BCUT2D eigenvalue weighted by molar-refractivity contribution is 0.541. The first-order chi connectivity index (χ1) is 6.77. The lowest BCUT2D eigenvalue weighted by Gasteiger charge is -2.15. The minimum Gasteiger partial charge on any atom is -0.271 e. The van der Waals surface area contributed by atoms with E-state index in [1.807, 2.05) is 0 Å². The highest BCUT2D eigenvalue weighted by atomic mass is 15.2. The van der Waals surface area contributed by atoms with Crippen molar-refractivity contribution in [3.05, 3.63) is 36.4 Å². The molecular weight excluding hydrogens is 176 g/mol. The highest BCUT2D eigenvalue weighted by Gasteiger charge is 2.10. The summed E-state index contributed by atoms with van der Waals surface area (Å²) in [5.41, 5.74) is 4.90. The number of nitrogens with one attached hydrogen (secondary N) is 1. The lowest BCUT2D eigenvalue weighted by atomic mass is 10.0. The maximum absolute atomic E-state index is 5.46. The Balaban J connectivity index is 2.68. The largest absolute Gasteiger partial charge is 0.271 e. The van der Waals surface area contributed by atoms with Gasteiger partial charge in [-0.1, -0.05) is 19.1 Å². The summed E-state index contributed by atoms with van der Waals surface area (Å²) in [6, 6.07) is 0.0589. The van der Waals surface area contributed by atoms with Crippen LogP contribution in [0.15, 0.2) is 30.9 Å². The van der Waals surface area contributed by atoms with E-state index in [9.17, 15) is 0 Å². The molecule has 0 bridgehead atoms. The van der Waals surface area contributed by atoms with Gasteiger partial charge in [0, 0.05) is 18.0 Å². The molecule has 0 amide bonds. The highest BCUT2D eigenvalue weighted by Crippen LogP contribution is 2.19. The Kier molecular flexibility index (Phi) is 4.22. The maximum atomic E-state index is 5.46. The zero-order valence-electron chi connectivity index (χ0n) is 8.40. The van der Waals surface area contributed by atoms with Crippen LogP contribution in [0.4, 0.5) is 0 Å². The normalized spacial score (nSPS) is 12.4. The molecule has 14 heavy (non-hydrogen) atoms. The Labute approximate surface area is 84.2 Å². The fourth-order valence-corrected chi connectivity index (χ4v) is 1.20. The van der Waals surface area contributed by atoms with Crippen LogP contribution in [0.3, 0.4) is 0 Å². The Morgan fingerprint density at radius 2 is 2.21 bits per heavy atom. The quantitative estimate of drug-likeness (QED) is 0.420. The van der Waals surface area contributed by atoms with Gasteiger partial charge >= 0.3 is 0 Å². The van der Waals surface area contributed by atoms with Crippen LogP contribution < -0.4 is 11.3 Å². The molecule has 0 aliphatic rings. The van der Waals surface area contributed by atoms with E-state index in [1.54, 1.807) is 12.4 Å². The topological polar surface area (TPSA) is 63.8 Å². The maximum Gasteiger partial charge on any atom is 0.115 e. The molecule has 76 valence electrons. The van der Waals surface area contributed by atoms with Gasteiger partial charge in [0.1, 0.15) is 6.33 Å². The summed E-state index contributed by atoms with van der Waals surface area (Å²) in [5, 5.41) is 0. The zero-order valence-corrected chi connectivity index (χ0v) is 8.40. The van der Waals surface area contributed by atoms with Gasteiger partial charge in [0.15, 0.2) is 0 Å². The van der Waals surface area contributed by atoms with E-state index in [2.05, 4.69) is 28.9 Å². The van der Waals surface area contributed by atoms with Crippen LogP contribution >= 0.6 is 0 Å². The Bertz CT molecular complexity index is 283. The van der Waals surface area contributed by atoms with Crippen molar-refractivity contribution in [2.75, 3.05) is 0 Å². The molecular formula is C10H16N4. The van der Waals surface area contributed by atoms with Crippen molar-refractivity contribution in [2.24, 2.45) is 5.84 Å². The smallest absolute Gasteiger partial charge is 0.115 e. The molecule has 4 nitrogen and oxygen atoms in total. The van der Waals surface area contributed by atoms with Crippen LogP contribution in [0.25, 0.3) is 0 Å². The fourth-order valence-electron chi connectivity index (χ4n) is 1.20. The van der Waals surface area contributed by atoms with Gasteiger partial charge in [-0.15, -0.1) is 0 Å². The van der Waals surface area contributed by atoms with Crippen LogP contribution in [-0.2, 0) is 0 Å². The molecule has 1 heterocycles. The minimum absolute atomic E-state index is 0.0589. The molecule has 0 aromatic carbocycles. The second kappa shape index (κ2) is 5.47. The van der Waals surface area contributed by atoms with Crippen LogP contribution in [-0.4, -0.2) is 9.97 Å². The third-order valence-electron chi connectivity index (χ3n) is 2.18. The number of nitrogens with two attached hydrogens (primary N) is 1. The third-order valence-corrected chi connectivity index (χ3v) is 2.18. The number of nitrogens with zero attached hydrogens (tertiary/aromatic N) is 2. The Morgan fingerprint density at radius 3 is 2.71 bits per heavy atom. The van der Waals surface area contributed by atoms with Crippen molar-refractivity contribution in [1.82, 2.24) is 15.4 Å². The molecule has 1 rings (SSSR count). The average molecular weight is 192 g/mol. The van der Waals surface area contributed by atoms with Crippen LogP contribution in [0.1, 0.15) is 31.4 Å². The van der Waals surface area contributed by atoms with Gasteiger partial charge in [-0.25, -0.2) is 9.97 Å². The summed E-state index contributed by atoms with van der Waals surface area (Å²) in [6.07, 6.45) is 6.82. The molecule has 3 N–H and O–H groups in total. The van der Waals surface area contributed by atoms with E-state index in [0.29, 0.717) is 0 Å². The Morgan fingerprint density at radius 1 is 1.57 bits per heavy atom. The summed E-state index contributed by atoms with van der Waals surface area (Å²) >= 11 is 0. The molecule has 1 atom stereocenters. The van der Waals surface area contributed by atoms with Crippen molar-refractivity contribution >= 4 is 0 Å². The van der Waals surface area contributed by atoms with E-state index < -0.39 is 0 Å². The third kappa shape index (κ3) is 2.90. The summed E-state index contributed by atoms with van der Waals surface area (Å²) in [7, 11) is 0. The molecule has 0 spiro atoms. The summed E-state index contributed by atoms with van der Waals surface area (Å²) in [6.45, 7) is 6.03. The molecule has 1 aromatic rings. The van der Waals surface area contributed by atoms with Crippen molar-refractivity contribution < 1.29 is 0 Å². The first kappa shape index (κ1) is 10.8. The first-order valence-electron chi connectivity index (χ1n) is 4.65. The number of hydrazine groups is 1. The lowest BCUT2D eigenvalue weighted by Crippen LogP contribution is -2.28. The van der Waals surface area contributed by atoms with E-state index in [-0.39, 0.29) is 6.04 Å². The summed E-state index contributed by atoms with van der Waals surface area (Å²) in [5.74, 6) is 5.46. The molecule has 0 aliphatic heterocycles. The van der Waals surface area contributed by atoms with Crippen LogP contribution in [0, 0.1) is 0 Å². The minimum atomic E-state index is 0.0589. The predicted octanol–water partition coefficient (Wildman–Crippen LogP) is 1.34. The zero-order chi connectivity index (χ0) is 10.4. The van der Waals surface area contributed by atoms with Crippen molar-refractivity contribution in [3.63, 3.8) is 0 Å². The molecule has 0 fully saturated rings. The van der Waals surface area contributed by atoms with E-state index in [0.717, 1.165) is 24.0 Å². The first-order valence-corrected chi connectivity index (χ1v) is 4.65. The van der Waals surface area contributed by atoms with Gasteiger partial charge in [0.05, 0.1) is 6.04 Å². The number of hydrogen-bond acceptors (Lipinski definition) is 4. The molecule has 0 radical (unpaired) electrons. The molecule has 4 heteroatoms. The van der Waals surface area contributed by atoms with E-state index in [1.165, 1.54) is 6.33 Å². The van der Waals surface area contributed by atoms with Crippen LogP contribution in [0.2, 0.25) is 0 Å². The fraction of sp³-hybridized carbons (Fsp3) is 0.400. The van der Waals surface area contributed by atoms with Gasteiger partial charge in [0.25, 0.3) is 0 Å². The van der Waals surface area contributed by atoms with Gasteiger partial charge < -0.3 is 0 Å². The number of rotatable bonds is 5. The van der Waals surface area contributed by atoms with Crippen molar-refractivity contribution in [1.29, 1.82) is 0 Å². The molecule has 0 aliphatic carbocycles. The Hall–Kier alpha value is -1.26. The molecule has 0 saturated carbocycles. The standard InChI is InChI=1S/C10H16N4/c1-3-8(2)4-10(14-11)9-5-12-7-13-6-9/h5-7,10,14H,2-4,11H2,1H3. The van der Waals surface area contributed by atoms with Crippen molar-refractivity contribution in [2.45, 2.75) is 25.8 Å². The monoisotopic (exact) mass is 192 g/mol. The van der Waals surface area contributed by atoms with Gasteiger partial charge in [0.2, 0.25) is 0 Å². The van der Waals surface area contributed by atoms with Gasteiger partial charge in [-0.3, -0.25) is 11.3 Å². The second-order valence-corrected chi connectivity index (χ2v) is 3.20. The second-order valence-electron chi connectivity index (χ2n) is 3.20. The molecule has 1 aromatic heterocycles. The van der Waals surface area contributed by atoms with Gasteiger partial charge in [-0.05, 0) is 12.8 Å². The van der Waals surface area contributed by atoms with Crippen LogP contribution in [0.5, 0.6) is 0 Å². The predicted molar refractivity (Wildman–Crippen MR) is 56.1 cm³/mol. The number of aromatic nitrogens is 2. The van der Waals surface area contributed by atoms with Gasteiger partial charge in [-0.2, -0.15) is 0 Å². The van der Waals surface area contributed by atoms with E-state index >= 15 is 0 Å². The summed E-state index contributed by atoms with van der Waals surface area (Å²) < 4.78 is 0. The summed E-state index contributed by atoms with van der Waals surface area (Å²) in [4.78, 5) is 7.90. The number of hydrogen-bond donors (Lipinski definition) is 2. The SMILES string of the molecule is C=C(CC)CC(NN)c1cncnc1. The highest BCUT2D eigenvalue weighted by molar-refractivity contribution is 5.12.